The molecule has 1 aromatic heterocycles. The van der Waals surface area contributed by atoms with Crippen molar-refractivity contribution in [2.75, 3.05) is 26.1 Å². The third-order valence-electron chi connectivity index (χ3n) is 4.10. The number of nitrogens with one attached hydrogen (secondary N) is 1. The van der Waals surface area contributed by atoms with Crippen LogP contribution in [-0.4, -0.2) is 37.5 Å². The van der Waals surface area contributed by atoms with Gasteiger partial charge in [0, 0.05) is 35.3 Å². The maximum Gasteiger partial charge on any atom is 0.278 e. The molecular formula is C20H22N2O4S. The molecule has 0 saturated carbocycles. The molecule has 0 spiro atoms. The number of ether oxygens (including phenoxy) is 2. The summed E-state index contributed by atoms with van der Waals surface area (Å²) in [6.45, 7) is 4.33. The summed E-state index contributed by atoms with van der Waals surface area (Å²) in [5.74, 6) is 0.767. The molecule has 0 atom stereocenters. The lowest BCUT2D eigenvalue weighted by molar-refractivity contribution is -0.137. The molecule has 1 N–H and O–H groups in total. The van der Waals surface area contributed by atoms with Crippen LogP contribution in [0.25, 0.3) is 5.57 Å². The fourth-order valence-corrected chi connectivity index (χ4v) is 3.66. The van der Waals surface area contributed by atoms with Gasteiger partial charge >= 0.3 is 0 Å². The molecule has 1 aliphatic rings. The van der Waals surface area contributed by atoms with Crippen LogP contribution in [-0.2, 0) is 9.59 Å². The zero-order valence-electron chi connectivity index (χ0n) is 15.7. The minimum atomic E-state index is -0.320. The second-order valence-electron chi connectivity index (χ2n) is 6.57. The van der Waals surface area contributed by atoms with Crippen LogP contribution in [0.3, 0.4) is 0 Å². The smallest absolute Gasteiger partial charge is 0.278 e. The molecule has 2 heterocycles. The van der Waals surface area contributed by atoms with Gasteiger partial charge in [0.15, 0.2) is 0 Å². The average Bonchev–Trinajstić information content (AvgIpc) is 3.24. The predicted octanol–water partition coefficient (Wildman–Crippen LogP) is 3.61. The first-order chi connectivity index (χ1) is 12.9. The second kappa shape index (κ2) is 7.84. The second-order valence-corrected chi connectivity index (χ2v) is 7.52. The molecule has 7 heteroatoms. The lowest BCUT2D eigenvalue weighted by Gasteiger charge is -2.17. The third-order valence-corrected chi connectivity index (χ3v) is 4.99. The Labute approximate surface area is 162 Å². The van der Waals surface area contributed by atoms with Crippen LogP contribution in [0.5, 0.6) is 11.5 Å². The molecule has 2 amide bonds. The minimum Gasteiger partial charge on any atom is -0.497 e. The Morgan fingerprint density at radius 2 is 1.74 bits per heavy atom. The van der Waals surface area contributed by atoms with Gasteiger partial charge in [0.1, 0.15) is 17.2 Å². The first-order valence-electron chi connectivity index (χ1n) is 8.59. The van der Waals surface area contributed by atoms with Crippen molar-refractivity contribution >= 4 is 34.4 Å². The number of methoxy groups -OCH3 is 2. The van der Waals surface area contributed by atoms with Crippen LogP contribution < -0.4 is 14.8 Å². The van der Waals surface area contributed by atoms with Crippen molar-refractivity contribution in [2.45, 2.75) is 13.8 Å². The zero-order valence-corrected chi connectivity index (χ0v) is 16.6. The highest BCUT2D eigenvalue weighted by Crippen LogP contribution is 2.34. The Bertz CT molecular complexity index is 865. The summed E-state index contributed by atoms with van der Waals surface area (Å²) in [5, 5.41) is 5.01. The number of hydrogen-bond donors (Lipinski definition) is 1. The van der Waals surface area contributed by atoms with E-state index in [1.165, 1.54) is 16.2 Å². The Morgan fingerprint density at radius 1 is 1.07 bits per heavy atom. The highest BCUT2D eigenvalue weighted by molar-refractivity contribution is 7.11. The van der Waals surface area contributed by atoms with Gasteiger partial charge in [-0.2, -0.15) is 0 Å². The first kappa shape index (κ1) is 19.0. The number of thiophene rings is 1. The summed E-state index contributed by atoms with van der Waals surface area (Å²) in [5.41, 5.74) is 1.29. The van der Waals surface area contributed by atoms with Crippen molar-refractivity contribution in [1.82, 2.24) is 4.90 Å². The van der Waals surface area contributed by atoms with Gasteiger partial charge in [-0.1, -0.05) is 19.9 Å². The van der Waals surface area contributed by atoms with Crippen LogP contribution in [0.1, 0.15) is 18.7 Å². The molecule has 6 nitrogen and oxygen atoms in total. The topological polar surface area (TPSA) is 67.9 Å². The maximum atomic E-state index is 13.0. The number of nitrogens with zero attached hydrogens (tertiary/aromatic N) is 1. The zero-order chi connectivity index (χ0) is 19.6. The van der Waals surface area contributed by atoms with Gasteiger partial charge in [-0.15, -0.1) is 11.3 Å². The standard InChI is InChI=1S/C20H22N2O4S/c1-12(2)11-22-19(23)17(16-6-5-7-27-16)18(20(22)24)21-13-8-14(25-3)10-15(9-13)26-4/h5-10,12,21H,11H2,1-4H3. The van der Waals surface area contributed by atoms with E-state index < -0.39 is 0 Å². The van der Waals surface area contributed by atoms with Gasteiger partial charge < -0.3 is 14.8 Å². The normalized spacial score (nSPS) is 14.3. The van der Waals surface area contributed by atoms with Crippen molar-refractivity contribution in [3.05, 3.63) is 46.3 Å². The van der Waals surface area contributed by atoms with Crippen LogP contribution in [0.15, 0.2) is 41.4 Å². The van der Waals surface area contributed by atoms with Crippen molar-refractivity contribution in [3.8, 4) is 11.5 Å². The lowest BCUT2D eigenvalue weighted by Crippen LogP contribution is -2.35. The summed E-state index contributed by atoms with van der Waals surface area (Å²) in [6, 6.07) is 8.96. The molecule has 0 aliphatic carbocycles. The quantitative estimate of drug-likeness (QED) is 0.736. The van der Waals surface area contributed by atoms with Gasteiger partial charge in [-0.05, 0) is 17.4 Å². The first-order valence-corrected chi connectivity index (χ1v) is 9.47. The molecule has 142 valence electrons. The Balaban J connectivity index is 2.04. The van der Waals surface area contributed by atoms with E-state index in [4.69, 9.17) is 9.47 Å². The van der Waals surface area contributed by atoms with E-state index in [0.717, 1.165) is 4.88 Å². The number of amides is 2. The molecule has 0 unspecified atom stereocenters. The van der Waals surface area contributed by atoms with E-state index in [1.807, 2.05) is 31.4 Å². The Kier molecular flexibility index (Phi) is 5.51. The van der Waals surface area contributed by atoms with Gasteiger partial charge in [0.25, 0.3) is 11.8 Å². The number of anilines is 1. The predicted molar refractivity (Wildman–Crippen MR) is 106 cm³/mol. The summed E-state index contributed by atoms with van der Waals surface area (Å²) < 4.78 is 10.6. The number of carbonyl (C=O) groups excluding carboxylic acids is 2. The summed E-state index contributed by atoms with van der Waals surface area (Å²) in [6.07, 6.45) is 0. The van der Waals surface area contributed by atoms with E-state index in [2.05, 4.69) is 5.32 Å². The number of rotatable bonds is 7. The molecular weight excluding hydrogens is 364 g/mol. The van der Waals surface area contributed by atoms with E-state index in [-0.39, 0.29) is 23.4 Å². The van der Waals surface area contributed by atoms with E-state index in [0.29, 0.717) is 29.3 Å². The summed E-state index contributed by atoms with van der Waals surface area (Å²) in [7, 11) is 3.12. The van der Waals surface area contributed by atoms with Gasteiger partial charge in [0.05, 0.1) is 19.8 Å². The lowest BCUT2D eigenvalue weighted by atomic mass is 10.1. The molecule has 0 bridgehead atoms. The van der Waals surface area contributed by atoms with Crippen molar-refractivity contribution in [2.24, 2.45) is 5.92 Å². The molecule has 0 saturated heterocycles. The number of imide groups is 1. The van der Waals surface area contributed by atoms with Crippen LogP contribution in [0, 0.1) is 5.92 Å². The molecule has 0 radical (unpaired) electrons. The number of hydrogen-bond acceptors (Lipinski definition) is 6. The Morgan fingerprint density at radius 3 is 2.26 bits per heavy atom. The van der Waals surface area contributed by atoms with Crippen molar-refractivity contribution in [3.63, 3.8) is 0 Å². The van der Waals surface area contributed by atoms with E-state index in [1.54, 1.807) is 32.4 Å². The van der Waals surface area contributed by atoms with Gasteiger partial charge in [-0.3, -0.25) is 14.5 Å². The van der Waals surface area contributed by atoms with Crippen LogP contribution in [0.4, 0.5) is 5.69 Å². The number of benzene rings is 1. The molecule has 3 rings (SSSR count). The fourth-order valence-electron chi connectivity index (χ4n) is 2.90. The summed E-state index contributed by atoms with van der Waals surface area (Å²) in [4.78, 5) is 28.0. The third kappa shape index (κ3) is 3.83. The van der Waals surface area contributed by atoms with E-state index >= 15 is 0 Å². The minimum absolute atomic E-state index is 0.179. The SMILES string of the molecule is COc1cc(NC2=C(c3cccs3)C(=O)N(CC(C)C)C2=O)cc(OC)c1. The molecule has 0 fully saturated rings. The van der Waals surface area contributed by atoms with Crippen molar-refractivity contribution < 1.29 is 19.1 Å². The highest BCUT2D eigenvalue weighted by atomic mass is 32.1. The summed E-state index contributed by atoms with van der Waals surface area (Å²) >= 11 is 1.43. The molecule has 1 aliphatic heterocycles. The van der Waals surface area contributed by atoms with Crippen LogP contribution in [0.2, 0.25) is 0 Å². The number of carbonyl (C=O) groups is 2. The van der Waals surface area contributed by atoms with Gasteiger partial charge in [-0.25, -0.2) is 0 Å². The monoisotopic (exact) mass is 386 g/mol. The maximum absolute atomic E-state index is 13.0. The molecule has 2 aromatic rings. The van der Waals surface area contributed by atoms with Gasteiger partial charge in [0.2, 0.25) is 0 Å². The van der Waals surface area contributed by atoms with Crippen molar-refractivity contribution in [1.29, 1.82) is 0 Å². The molecule has 27 heavy (non-hydrogen) atoms. The highest BCUT2D eigenvalue weighted by Gasteiger charge is 2.39. The molecule has 1 aromatic carbocycles. The Hall–Kier alpha value is -2.80. The van der Waals surface area contributed by atoms with E-state index in [9.17, 15) is 9.59 Å². The van der Waals surface area contributed by atoms with Crippen LogP contribution >= 0.6 is 11.3 Å². The average molecular weight is 386 g/mol. The fraction of sp³-hybridized carbons (Fsp3) is 0.300. The largest absolute Gasteiger partial charge is 0.497 e.